The third-order valence-electron chi connectivity index (χ3n) is 2.37. The van der Waals surface area contributed by atoms with Crippen LogP contribution in [-0.2, 0) is 4.79 Å². The number of primary amides is 1. The molecule has 0 fully saturated rings. The lowest BCUT2D eigenvalue weighted by Crippen LogP contribution is -2.23. The van der Waals surface area contributed by atoms with Crippen LogP contribution in [0.3, 0.4) is 0 Å². The van der Waals surface area contributed by atoms with E-state index in [-0.39, 0.29) is 11.6 Å². The molecule has 1 rings (SSSR count). The van der Waals surface area contributed by atoms with Crippen molar-refractivity contribution in [2.45, 2.75) is 12.8 Å². The van der Waals surface area contributed by atoms with Crippen molar-refractivity contribution >= 4 is 11.6 Å². The van der Waals surface area contributed by atoms with Crippen molar-refractivity contribution in [2.24, 2.45) is 5.73 Å². The van der Waals surface area contributed by atoms with Gasteiger partial charge in [0.25, 0.3) is 5.69 Å². The number of carbonyl (C=O) groups excluding carboxylic acids is 1. The predicted octanol–water partition coefficient (Wildman–Crippen LogP) is 0.829. The maximum atomic E-state index is 10.5. The maximum absolute atomic E-state index is 10.5. The lowest BCUT2D eigenvalue weighted by atomic mass is 10.3. The molecule has 0 spiro atoms. The third kappa shape index (κ3) is 6.37. The lowest BCUT2D eigenvalue weighted by molar-refractivity contribution is -0.384. The molecule has 0 saturated heterocycles. The zero-order valence-electron chi connectivity index (χ0n) is 10.5. The second-order valence-corrected chi connectivity index (χ2v) is 3.92. The Morgan fingerprint density at radius 1 is 1.32 bits per heavy atom. The van der Waals surface area contributed by atoms with Gasteiger partial charge in [0.1, 0.15) is 12.4 Å². The summed E-state index contributed by atoms with van der Waals surface area (Å²) in [6.07, 6.45) is 1.07. The summed E-state index contributed by atoms with van der Waals surface area (Å²) in [4.78, 5) is 20.5. The maximum Gasteiger partial charge on any atom is 0.269 e. The lowest BCUT2D eigenvalue weighted by Gasteiger charge is -2.06. The van der Waals surface area contributed by atoms with E-state index in [4.69, 9.17) is 10.5 Å². The summed E-state index contributed by atoms with van der Waals surface area (Å²) < 4.78 is 5.39. The van der Waals surface area contributed by atoms with E-state index in [9.17, 15) is 14.9 Å². The molecule has 0 aromatic heterocycles. The summed E-state index contributed by atoms with van der Waals surface area (Å²) in [6.45, 7) is 1.79. The minimum atomic E-state index is -0.454. The summed E-state index contributed by atoms with van der Waals surface area (Å²) in [6, 6.07) is 5.92. The van der Waals surface area contributed by atoms with Crippen molar-refractivity contribution in [1.29, 1.82) is 0 Å². The van der Waals surface area contributed by atoms with Gasteiger partial charge in [-0.3, -0.25) is 14.9 Å². The highest BCUT2D eigenvalue weighted by atomic mass is 16.6. The second-order valence-electron chi connectivity index (χ2n) is 3.92. The number of rotatable bonds is 9. The highest BCUT2D eigenvalue weighted by Gasteiger charge is 2.03. The van der Waals surface area contributed by atoms with Crippen LogP contribution in [0.2, 0.25) is 0 Å². The molecular weight excluding hydrogens is 250 g/mol. The molecule has 104 valence electrons. The molecular formula is C12H17N3O4. The number of benzene rings is 1. The van der Waals surface area contributed by atoms with Crippen molar-refractivity contribution in [2.75, 3.05) is 19.7 Å². The van der Waals surface area contributed by atoms with Crippen molar-refractivity contribution in [3.8, 4) is 5.75 Å². The second kappa shape index (κ2) is 8.04. The average molecular weight is 267 g/mol. The molecule has 0 atom stereocenters. The fourth-order valence-electron chi connectivity index (χ4n) is 1.42. The zero-order chi connectivity index (χ0) is 14.1. The predicted molar refractivity (Wildman–Crippen MR) is 69.9 cm³/mol. The largest absolute Gasteiger partial charge is 0.492 e. The van der Waals surface area contributed by atoms with E-state index >= 15 is 0 Å². The molecule has 0 heterocycles. The fourth-order valence-corrected chi connectivity index (χ4v) is 1.42. The number of nitro benzene ring substituents is 1. The molecule has 7 nitrogen and oxygen atoms in total. The molecule has 1 aromatic carbocycles. The molecule has 3 N–H and O–H groups in total. The Balaban J connectivity index is 2.12. The highest BCUT2D eigenvalue weighted by molar-refractivity contribution is 5.73. The van der Waals surface area contributed by atoms with E-state index in [1.54, 1.807) is 12.1 Å². The van der Waals surface area contributed by atoms with E-state index in [1.807, 2.05) is 0 Å². The number of nitrogens with one attached hydrogen (secondary N) is 1. The SMILES string of the molecule is NC(=O)CCCNCCOc1ccc([N+](=O)[O-])cc1. The van der Waals surface area contributed by atoms with Gasteiger partial charge in [0.05, 0.1) is 4.92 Å². The third-order valence-corrected chi connectivity index (χ3v) is 2.37. The van der Waals surface area contributed by atoms with Crippen LogP contribution in [0.4, 0.5) is 5.69 Å². The van der Waals surface area contributed by atoms with Crippen LogP contribution in [0.5, 0.6) is 5.75 Å². The van der Waals surface area contributed by atoms with E-state index in [0.29, 0.717) is 38.3 Å². The van der Waals surface area contributed by atoms with Gasteiger partial charge in [-0.1, -0.05) is 0 Å². The van der Waals surface area contributed by atoms with Crippen molar-refractivity contribution in [1.82, 2.24) is 5.32 Å². The summed E-state index contributed by atoms with van der Waals surface area (Å²) in [7, 11) is 0. The van der Waals surface area contributed by atoms with Crippen LogP contribution >= 0.6 is 0 Å². The number of nitrogens with zero attached hydrogens (tertiary/aromatic N) is 1. The number of ether oxygens (including phenoxy) is 1. The summed E-state index contributed by atoms with van der Waals surface area (Å²) in [5.41, 5.74) is 5.04. The van der Waals surface area contributed by atoms with Gasteiger partial charge in [0.15, 0.2) is 0 Å². The number of nitrogens with two attached hydrogens (primary N) is 1. The Hall–Kier alpha value is -2.15. The smallest absolute Gasteiger partial charge is 0.269 e. The van der Waals surface area contributed by atoms with Gasteiger partial charge in [-0.2, -0.15) is 0 Å². The standard InChI is InChI=1S/C12H17N3O4/c13-12(16)2-1-7-14-8-9-19-11-5-3-10(4-6-11)15(17)18/h3-6,14H,1-2,7-9H2,(H2,13,16). The first-order valence-corrected chi connectivity index (χ1v) is 5.96. The molecule has 0 saturated carbocycles. The fraction of sp³-hybridized carbons (Fsp3) is 0.417. The van der Waals surface area contributed by atoms with Gasteiger partial charge >= 0.3 is 0 Å². The monoisotopic (exact) mass is 267 g/mol. The van der Waals surface area contributed by atoms with Gasteiger partial charge in [0.2, 0.25) is 5.91 Å². The van der Waals surface area contributed by atoms with Crippen LogP contribution in [-0.4, -0.2) is 30.5 Å². The minimum absolute atomic E-state index is 0.0388. The Bertz CT molecular complexity index is 419. The molecule has 1 aromatic rings. The van der Waals surface area contributed by atoms with E-state index in [2.05, 4.69) is 5.32 Å². The first kappa shape index (κ1) is 14.9. The molecule has 0 bridgehead atoms. The highest BCUT2D eigenvalue weighted by Crippen LogP contribution is 2.16. The zero-order valence-corrected chi connectivity index (χ0v) is 10.5. The van der Waals surface area contributed by atoms with Crippen molar-refractivity contribution in [3.05, 3.63) is 34.4 Å². The van der Waals surface area contributed by atoms with Gasteiger partial charge in [-0.15, -0.1) is 0 Å². The van der Waals surface area contributed by atoms with Gasteiger partial charge in [0, 0.05) is 25.1 Å². The molecule has 0 aliphatic heterocycles. The average Bonchev–Trinajstić information content (AvgIpc) is 2.38. The molecule has 19 heavy (non-hydrogen) atoms. The minimum Gasteiger partial charge on any atom is -0.492 e. The summed E-state index contributed by atoms with van der Waals surface area (Å²) in [5, 5.41) is 13.5. The van der Waals surface area contributed by atoms with E-state index in [0.717, 1.165) is 0 Å². The van der Waals surface area contributed by atoms with Crippen molar-refractivity contribution in [3.63, 3.8) is 0 Å². The Kier molecular flexibility index (Phi) is 6.31. The topological polar surface area (TPSA) is 107 Å². The van der Waals surface area contributed by atoms with E-state index < -0.39 is 4.92 Å². The Labute approximate surface area is 110 Å². The molecule has 0 aliphatic rings. The number of amides is 1. The van der Waals surface area contributed by atoms with Gasteiger partial charge < -0.3 is 15.8 Å². The van der Waals surface area contributed by atoms with Crippen LogP contribution in [0.1, 0.15) is 12.8 Å². The number of nitro groups is 1. The molecule has 0 radical (unpaired) electrons. The molecule has 0 aliphatic carbocycles. The number of non-ortho nitro benzene ring substituents is 1. The summed E-state index contributed by atoms with van der Waals surface area (Å²) >= 11 is 0. The van der Waals surface area contributed by atoms with Gasteiger partial charge in [-0.05, 0) is 25.1 Å². The van der Waals surface area contributed by atoms with Crippen molar-refractivity contribution < 1.29 is 14.5 Å². The van der Waals surface area contributed by atoms with Crippen LogP contribution in [0, 0.1) is 10.1 Å². The number of carbonyl (C=O) groups is 1. The first-order chi connectivity index (χ1) is 9.09. The Morgan fingerprint density at radius 3 is 2.58 bits per heavy atom. The summed E-state index contributed by atoms with van der Waals surface area (Å²) in [5.74, 6) is 0.286. The quantitative estimate of drug-likeness (QED) is 0.391. The molecule has 1 amide bonds. The molecule has 0 unspecified atom stereocenters. The normalized spacial score (nSPS) is 10.1. The van der Waals surface area contributed by atoms with Crippen LogP contribution < -0.4 is 15.8 Å². The molecule has 7 heteroatoms. The number of hydrogen-bond donors (Lipinski definition) is 2. The van der Waals surface area contributed by atoms with Crippen LogP contribution in [0.15, 0.2) is 24.3 Å². The first-order valence-electron chi connectivity index (χ1n) is 5.96. The van der Waals surface area contributed by atoms with Gasteiger partial charge in [-0.25, -0.2) is 0 Å². The number of hydrogen-bond acceptors (Lipinski definition) is 5. The van der Waals surface area contributed by atoms with Crippen LogP contribution in [0.25, 0.3) is 0 Å². The van der Waals surface area contributed by atoms with E-state index in [1.165, 1.54) is 12.1 Å². The Morgan fingerprint density at radius 2 is 2.00 bits per heavy atom.